The number of nitrogens with one attached hydrogen (secondary N) is 2. The lowest BCUT2D eigenvalue weighted by atomic mass is 9.80. The second-order valence-corrected chi connectivity index (χ2v) is 7.61. The normalized spacial score (nSPS) is 26.5. The zero-order valence-electron chi connectivity index (χ0n) is 14.3. The van der Waals surface area contributed by atoms with Crippen LogP contribution in [0.15, 0.2) is 6.07 Å². The summed E-state index contributed by atoms with van der Waals surface area (Å²) in [4.78, 5) is 9.32. The average Bonchev–Trinajstić information content (AvgIpc) is 2.40. The number of hydrogen-bond acceptors (Lipinski definition) is 4. The summed E-state index contributed by atoms with van der Waals surface area (Å²) >= 11 is 0. The molecule has 0 radical (unpaired) electrons. The molecular formula is C17H30N4. The van der Waals surface area contributed by atoms with Gasteiger partial charge in [0, 0.05) is 24.6 Å². The van der Waals surface area contributed by atoms with E-state index in [2.05, 4.69) is 50.2 Å². The summed E-state index contributed by atoms with van der Waals surface area (Å²) in [6.07, 6.45) is 3.83. The molecule has 21 heavy (non-hydrogen) atoms. The highest BCUT2D eigenvalue weighted by molar-refractivity contribution is 5.48. The van der Waals surface area contributed by atoms with Gasteiger partial charge in [-0.2, -0.15) is 0 Å². The van der Waals surface area contributed by atoms with E-state index in [0.29, 0.717) is 12.0 Å². The third-order valence-corrected chi connectivity index (χ3v) is 4.42. The Hall–Kier alpha value is -1.32. The van der Waals surface area contributed by atoms with Crippen molar-refractivity contribution in [2.24, 2.45) is 11.8 Å². The molecule has 1 fully saturated rings. The minimum atomic E-state index is -0.0456. The van der Waals surface area contributed by atoms with Crippen LogP contribution in [-0.2, 0) is 5.41 Å². The van der Waals surface area contributed by atoms with Gasteiger partial charge in [0.25, 0.3) is 0 Å². The molecule has 4 heteroatoms. The lowest BCUT2D eigenvalue weighted by Gasteiger charge is -2.33. The molecule has 3 atom stereocenters. The average molecular weight is 290 g/mol. The second kappa shape index (κ2) is 6.20. The number of aromatic nitrogens is 2. The van der Waals surface area contributed by atoms with Crippen molar-refractivity contribution >= 4 is 11.6 Å². The van der Waals surface area contributed by atoms with Crippen molar-refractivity contribution in [3.63, 3.8) is 0 Å². The molecule has 2 N–H and O–H groups in total. The van der Waals surface area contributed by atoms with Crippen molar-refractivity contribution in [2.45, 2.75) is 65.3 Å². The fourth-order valence-electron chi connectivity index (χ4n) is 3.05. The minimum Gasteiger partial charge on any atom is -0.373 e. The fourth-order valence-corrected chi connectivity index (χ4v) is 3.05. The van der Waals surface area contributed by atoms with Crippen LogP contribution in [0.4, 0.5) is 11.6 Å². The quantitative estimate of drug-likeness (QED) is 0.881. The van der Waals surface area contributed by atoms with E-state index >= 15 is 0 Å². The zero-order chi connectivity index (χ0) is 15.6. The minimum absolute atomic E-state index is 0.0456. The fraction of sp³-hybridized carbons (Fsp3) is 0.765. The zero-order valence-corrected chi connectivity index (χ0v) is 14.3. The van der Waals surface area contributed by atoms with Crippen molar-refractivity contribution < 1.29 is 0 Å². The molecule has 0 amide bonds. The molecule has 2 rings (SSSR count). The molecule has 0 aromatic carbocycles. The molecule has 1 aliphatic rings. The summed E-state index contributed by atoms with van der Waals surface area (Å²) in [5.41, 5.74) is -0.0456. The maximum Gasteiger partial charge on any atom is 0.138 e. The van der Waals surface area contributed by atoms with Crippen LogP contribution in [0.5, 0.6) is 0 Å². The number of nitrogens with zero attached hydrogens (tertiary/aromatic N) is 2. The summed E-state index contributed by atoms with van der Waals surface area (Å²) < 4.78 is 0. The summed E-state index contributed by atoms with van der Waals surface area (Å²) in [7, 11) is 1.91. The van der Waals surface area contributed by atoms with Gasteiger partial charge in [-0.1, -0.05) is 34.6 Å². The van der Waals surface area contributed by atoms with Gasteiger partial charge in [0.1, 0.15) is 17.5 Å². The van der Waals surface area contributed by atoms with Gasteiger partial charge in [-0.15, -0.1) is 0 Å². The first-order chi connectivity index (χ1) is 9.79. The highest BCUT2D eigenvalue weighted by atomic mass is 15.1. The van der Waals surface area contributed by atoms with Crippen molar-refractivity contribution in [3.05, 3.63) is 11.9 Å². The van der Waals surface area contributed by atoms with E-state index in [4.69, 9.17) is 4.98 Å². The standard InChI is InChI=1S/C17H30N4/c1-11-7-8-13(12(2)9-11)19-15-10-14(18-6)20-16(21-15)17(3,4)5/h10-13H,7-9H2,1-6H3,(H2,18,19,20,21). The van der Waals surface area contributed by atoms with Crippen molar-refractivity contribution in [1.82, 2.24) is 9.97 Å². The molecule has 0 spiro atoms. The first-order valence-electron chi connectivity index (χ1n) is 8.13. The van der Waals surface area contributed by atoms with Crippen LogP contribution >= 0.6 is 0 Å². The molecule has 1 aromatic heterocycles. The van der Waals surface area contributed by atoms with E-state index in [0.717, 1.165) is 23.4 Å². The van der Waals surface area contributed by atoms with Crippen LogP contribution in [0.1, 0.15) is 59.7 Å². The number of hydrogen-bond donors (Lipinski definition) is 2. The largest absolute Gasteiger partial charge is 0.373 e. The number of anilines is 2. The molecule has 0 bridgehead atoms. The highest BCUT2D eigenvalue weighted by Gasteiger charge is 2.26. The van der Waals surface area contributed by atoms with Crippen LogP contribution < -0.4 is 10.6 Å². The first kappa shape index (κ1) is 16.1. The smallest absolute Gasteiger partial charge is 0.138 e. The Morgan fingerprint density at radius 3 is 2.33 bits per heavy atom. The molecule has 0 aliphatic heterocycles. The van der Waals surface area contributed by atoms with Gasteiger partial charge in [0.2, 0.25) is 0 Å². The second-order valence-electron chi connectivity index (χ2n) is 7.61. The molecule has 4 nitrogen and oxygen atoms in total. The van der Waals surface area contributed by atoms with Crippen LogP contribution in [0.25, 0.3) is 0 Å². The third kappa shape index (κ3) is 4.08. The van der Waals surface area contributed by atoms with Gasteiger partial charge in [0.05, 0.1) is 0 Å². The Morgan fingerprint density at radius 1 is 1.10 bits per heavy atom. The molecular weight excluding hydrogens is 260 g/mol. The molecule has 3 unspecified atom stereocenters. The molecule has 118 valence electrons. The van der Waals surface area contributed by atoms with Crippen LogP contribution in [-0.4, -0.2) is 23.1 Å². The lowest BCUT2D eigenvalue weighted by molar-refractivity contribution is 0.276. The lowest BCUT2D eigenvalue weighted by Crippen LogP contribution is -2.33. The Balaban J connectivity index is 2.19. The Kier molecular flexibility index (Phi) is 4.74. The van der Waals surface area contributed by atoms with Crippen LogP contribution in [0, 0.1) is 11.8 Å². The van der Waals surface area contributed by atoms with Gasteiger partial charge in [-0.3, -0.25) is 0 Å². The van der Waals surface area contributed by atoms with Gasteiger partial charge in [-0.05, 0) is 31.1 Å². The molecule has 1 heterocycles. The van der Waals surface area contributed by atoms with Crippen molar-refractivity contribution in [1.29, 1.82) is 0 Å². The van der Waals surface area contributed by atoms with Gasteiger partial charge in [0.15, 0.2) is 0 Å². The van der Waals surface area contributed by atoms with E-state index in [1.165, 1.54) is 19.3 Å². The molecule has 0 saturated heterocycles. The third-order valence-electron chi connectivity index (χ3n) is 4.42. The van der Waals surface area contributed by atoms with E-state index in [1.54, 1.807) is 0 Å². The summed E-state index contributed by atoms with van der Waals surface area (Å²) in [6.45, 7) is 11.1. The topological polar surface area (TPSA) is 49.8 Å². The number of rotatable bonds is 3. The SMILES string of the molecule is CNc1cc(NC2CCC(C)CC2C)nc(C(C)(C)C)n1. The predicted octanol–water partition coefficient (Wildman–Crippen LogP) is 4.05. The van der Waals surface area contributed by atoms with E-state index < -0.39 is 0 Å². The Bertz CT molecular complexity index is 478. The predicted molar refractivity (Wildman–Crippen MR) is 89.9 cm³/mol. The summed E-state index contributed by atoms with van der Waals surface area (Å²) in [5, 5.41) is 6.79. The van der Waals surface area contributed by atoms with E-state index in [9.17, 15) is 0 Å². The maximum absolute atomic E-state index is 4.74. The van der Waals surface area contributed by atoms with Crippen LogP contribution in [0.3, 0.4) is 0 Å². The van der Waals surface area contributed by atoms with E-state index in [-0.39, 0.29) is 5.41 Å². The molecule has 1 aliphatic carbocycles. The maximum atomic E-state index is 4.74. The van der Waals surface area contributed by atoms with E-state index in [1.807, 2.05) is 13.1 Å². The molecule has 1 aromatic rings. The van der Waals surface area contributed by atoms with Gasteiger partial charge >= 0.3 is 0 Å². The highest BCUT2D eigenvalue weighted by Crippen LogP contribution is 2.31. The summed E-state index contributed by atoms with van der Waals surface area (Å²) in [5.74, 6) is 4.26. The monoisotopic (exact) mass is 290 g/mol. The Labute approximate surface area is 129 Å². The molecule has 1 saturated carbocycles. The Morgan fingerprint density at radius 2 is 1.76 bits per heavy atom. The van der Waals surface area contributed by atoms with Crippen molar-refractivity contribution in [2.75, 3.05) is 17.7 Å². The summed E-state index contributed by atoms with van der Waals surface area (Å²) in [6, 6.07) is 2.54. The first-order valence-corrected chi connectivity index (χ1v) is 8.13. The van der Waals surface area contributed by atoms with Crippen molar-refractivity contribution in [3.8, 4) is 0 Å². The van der Waals surface area contributed by atoms with Gasteiger partial charge in [-0.25, -0.2) is 9.97 Å². The van der Waals surface area contributed by atoms with Crippen LogP contribution in [0.2, 0.25) is 0 Å². The van der Waals surface area contributed by atoms with Gasteiger partial charge < -0.3 is 10.6 Å².